The minimum Gasteiger partial charge on any atom is -0.384 e. The van der Waals surface area contributed by atoms with Crippen molar-refractivity contribution in [3.8, 4) is 6.07 Å². The van der Waals surface area contributed by atoms with Crippen molar-refractivity contribution in [2.75, 3.05) is 22.5 Å². The maximum absolute atomic E-state index is 13.5. The van der Waals surface area contributed by atoms with Crippen LogP contribution in [0.2, 0.25) is 0 Å². The molecule has 1 amide bonds. The van der Waals surface area contributed by atoms with E-state index in [1.54, 1.807) is 12.1 Å². The molecule has 1 aliphatic rings. The number of aromatic nitrogens is 3. The van der Waals surface area contributed by atoms with Crippen molar-refractivity contribution < 1.29 is 9.18 Å². The highest BCUT2D eigenvalue weighted by Crippen LogP contribution is 2.26. The SMILES string of the molecule is N#Cc1cnc(Nc2cc(NCC3CCCCC3)c(C(=O)Nc3cccc(F)c3)cn2)cn1. The number of pyridine rings is 1. The minimum absolute atomic E-state index is 0.215. The third kappa shape index (κ3) is 6.01. The third-order valence-corrected chi connectivity index (χ3v) is 5.56. The number of carbonyl (C=O) groups is 1. The lowest BCUT2D eigenvalue weighted by Gasteiger charge is -2.23. The number of carbonyl (C=O) groups excluding carboxylic acids is 1. The fourth-order valence-corrected chi connectivity index (χ4v) is 3.84. The Morgan fingerprint density at radius 3 is 2.61 bits per heavy atom. The minimum atomic E-state index is -0.426. The first-order valence-electron chi connectivity index (χ1n) is 10.9. The number of rotatable bonds is 7. The first kappa shape index (κ1) is 22.1. The number of nitrogens with zero attached hydrogens (tertiary/aromatic N) is 4. The third-order valence-electron chi connectivity index (χ3n) is 5.56. The number of halogens is 1. The Kier molecular flexibility index (Phi) is 7.05. The van der Waals surface area contributed by atoms with Crippen LogP contribution in [0.5, 0.6) is 0 Å². The van der Waals surface area contributed by atoms with Crippen LogP contribution in [-0.4, -0.2) is 27.4 Å². The Hall–Kier alpha value is -4.06. The van der Waals surface area contributed by atoms with Crippen molar-refractivity contribution in [2.24, 2.45) is 5.92 Å². The van der Waals surface area contributed by atoms with E-state index in [-0.39, 0.29) is 11.6 Å². The first-order chi connectivity index (χ1) is 16.1. The van der Waals surface area contributed by atoms with Gasteiger partial charge in [-0.1, -0.05) is 25.3 Å². The molecular weight excluding hydrogens is 421 g/mol. The van der Waals surface area contributed by atoms with Gasteiger partial charge in [-0.05, 0) is 37.0 Å². The van der Waals surface area contributed by atoms with E-state index in [9.17, 15) is 9.18 Å². The molecule has 33 heavy (non-hydrogen) atoms. The van der Waals surface area contributed by atoms with Crippen LogP contribution in [0.15, 0.2) is 48.9 Å². The highest BCUT2D eigenvalue weighted by Gasteiger charge is 2.17. The molecule has 0 atom stereocenters. The van der Waals surface area contributed by atoms with Gasteiger partial charge in [0, 0.05) is 24.5 Å². The quantitative estimate of drug-likeness (QED) is 0.475. The summed E-state index contributed by atoms with van der Waals surface area (Å²) >= 11 is 0. The van der Waals surface area contributed by atoms with Crippen molar-refractivity contribution in [1.29, 1.82) is 5.26 Å². The van der Waals surface area contributed by atoms with E-state index in [0.717, 1.165) is 19.4 Å². The molecule has 0 unspecified atom stereocenters. The van der Waals surface area contributed by atoms with Gasteiger partial charge in [-0.25, -0.2) is 19.3 Å². The zero-order valence-electron chi connectivity index (χ0n) is 18.0. The maximum atomic E-state index is 13.5. The van der Waals surface area contributed by atoms with Crippen LogP contribution in [0, 0.1) is 23.1 Å². The van der Waals surface area contributed by atoms with Gasteiger partial charge in [0.05, 0.1) is 23.6 Å². The number of nitriles is 1. The Bertz CT molecular complexity index is 1150. The van der Waals surface area contributed by atoms with Crippen LogP contribution < -0.4 is 16.0 Å². The summed E-state index contributed by atoms with van der Waals surface area (Å²) < 4.78 is 13.5. The van der Waals surface area contributed by atoms with Gasteiger partial charge in [-0.2, -0.15) is 5.26 Å². The second kappa shape index (κ2) is 10.5. The van der Waals surface area contributed by atoms with Gasteiger partial charge in [0.1, 0.15) is 23.5 Å². The molecule has 2 aromatic heterocycles. The van der Waals surface area contributed by atoms with Crippen molar-refractivity contribution in [1.82, 2.24) is 15.0 Å². The van der Waals surface area contributed by atoms with Gasteiger partial charge in [-0.3, -0.25) is 4.79 Å². The van der Waals surface area contributed by atoms with Gasteiger partial charge in [0.2, 0.25) is 0 Å². The van der Waals surface area contributed by atoms with Crippen LogP contribution >= 0.6 is 0 Å². The van der Waals surface area contributed by atoms with Crippen LogP contribution in [0.3, 0.4) is 0 Å². The van der Waals surface area contributed by atoms with E-state index in [1.807, 2.05) is 6.07 Å². The summed E-state index contributed by atoms with van der Waals surface area (Å²) in [6.45, 7) is 0.750. The summed E-state index contributed by atoms with van der Waals surface area (Å²) in [5.41, 5.74) is 1.56. The summed E-state index contributed by atoms with van der Waals surface area (Å²) in [7, 11) is 0. The van der Waals surface area contributed by atoms with Crippen molar-refractivity contribution >= 4 is 28.9 Å². The smallest absolute Gasteiger partial charge is 0.259 e. The molecule has 0 aliphatic heterocycles. The summed E-state index contributed by atoms with van der Waals surface area (Å²) in [5, 5.41) is 18.1. The molecular formula is C24H24FN7O. The molecule has 0 saturated heterocycles. The van der Waals surface area contributed by atoms with E-state index >= 15 is 0 Å². The van der Waals surface area contributed by atoms with Crippen molar-refractivity contribution in [2.45, 2.75) is 32.1 Å². The number of anilines is 4. The predicted octanol–water partition coefficient (Wildman–Crippen LogP) is 4.87. The second-order valence-corrected chi connectivity index (χ2v) is 7.99. The van der Waals surface area contributed by atoms with Gasteiger partial charge >= 0.3 is 0 Å². The highest BCUT2D eigenvalue weighted by molar-refractivity contribution is 6.08. The van der Waals surface area contributed by atoms with Gasteiger partial charge in [0.15, 0.2) is 5.69 Å². The molecule has 1 aromatic carbocycles. The molecule has 9 heteroatoms. The van der Waals surface area contributed by atoms with Crippen LogP contribution in [-0.2, 0) is 0 Å². The first-order valence-corrected chi connectivity index (χ1v) is 10.9. The van der Waals surface area contributed by atoms with Crippen LogP contribution in [0.1, 0.15) is 48.2 Å². The van der Waals surface area contributed by atoms with E-state index < -0.39 is 5.82 Å². The average molecular weight is 446 g/mol. The van der Waals surface area contributed by atoms with E-state index in [1.165, 1.54) is 56.1 Å². The summed E-state index contributed by atoms with van der Waals surface area (Å²) in [6.07, 6.45) is 10.3. The Balaban J connectivity index is 1.55. The zero-order chi connectivity index (χ0) is 23.0. The number of benzene rings is 1. The molecule has 3 N–H and O–H groups in total. The highest BCUT2D eigenvalue weighted by atomic mass is 19.1. The van der Waals surface area contributed by atoms with E-state index in [0.29, 0.717) is 34.5 Å². The average Bonchev–Trinajstić information content (AvgIpc) is 2.84. The standard InChI is InChI=1S/C24H24FN7O/c25-17-7-4-8-18(9-17)31-24(33)20-14-30-22(32-23-15-27-19(11-26)13-29-23)10-21(20)28-12-16-5-2-1-3-6-16/h4,7-10,13-16H,1-3,5-6,12H2,(H,31,33)(H2,28,29,30,32). The lowest BCUT2D eigenvalue weighted by molar-refractivity contribution is 0.102. The van der Waals surface area contributed by atoms with Gasteiger partial charge < -0.3 is 16.0 Å². The lowest BCUT2D eigenvalue weighted by atomic mass is 9.89. The Labute approximate surface area is 191 Å². The van der Waals surface area contributed by atoms with Crippen LogP contribution in [0.25, 0.3) is 0 Å². The topological polar surface area (TPSA) is 116 Å². The molecule has 1 saturated carbocycles. The number of hydrogen-bond donors (Lipinski definition) is 3. The second-order valence-electron chi connectivity index (χ2n) is 7.99. The van der Waals surface area contributed by atoms with E-state index in [2.05, 4.69) is 30.9 Å². The van der Waals surface area contributed by atoms with Gasteiger partial charge in [-0.15, -0.1) is 0 Å². The molecule has 0 radical (unpaired) electrons. The molecule has 1 fully saturated rings. The summed E-state index contributed by atoms with van der Waals surface area (Å²) in [4.78, 5) is 25.4. The largest absolute Gasteiger partial charge is 0.384 e. The maximum Gasteiger partial charge on any atom is 0.259 e. The van der Waals surface area contributed by atoms with Crippen molar-refractivity contribution in [3.05, 3.63) is 66.0 Å². The monoisotopic (exact) mass is 445 g/mol. The fourth-order valence-electron chi connectivity index (χ4n) is 3.84. The number of nitrogens with one attached hydrogen (secondary N) is 3. The Morgan fingerprint density at radius 1 is 1.06 bits per heavy atom. The zero-order valence-corrected chi connectivity index (χ0v) is 18.0. The molecule has 8 nitrogen and oxygen atoms in total. The molecule has 3 aromatic rings. The van der Waals surface area contributed by atoms with Crippen molar-refractivity contribution in [3.63, 3.8) is 0 Å². The summed E-state index contributed by atoms with van der Waals surface area (Å²) in [6, 6.07) is 9.41. The predicted molar refractivity (Wildman–Crippen MR) is 124 cm³/mol. The molecule has 168 valence electrons. The number of amides is 1. The normalized spacial score (nSPS) is 13.7. The van der Waals surface area contributed by atoms with E-state index in [4.69, 9.17) is 5.26 Å². The summed E-state index contributed by atoms with van der Waals surface area (Å²) in [5.74, 6) is 0.639. The molecule has 4 rings (SSSR count). The number of hydrogen-bond acceptors (Lipinski definition) is 7. The Morgan fingerprint density at radius 2 is 1.88 bits per heavy atom. The lowest BCUT2D eigenvalue weighted by Crippen LogP contribution is -2.20. The molecule has 2 heterocycles. The van der Waals surface area contributed by atoms with Crippen LogP contribution in [0.4, 0.5) is 27.4 Å². The molecule has 0 bridgehead atoms. The fraction of sp³-hybridized carbons (Fsp3) is 0.292. The molecule has 0 spiro atoms. The van der Waals surface area contributed by atoms with Gasteiger partial charge in [0.25, 0.3) is 5.91 Å². The molecule has 1 aliphatic carbocycles.